The summed E-state index contributed by atoms with van der Waals surface area (Å²) in [5, 5.41) is 11.8. The van der Waals surface area contributed by atoms with Gasteiger partial charge in [0.05, 0.1) is 11.1 Å². The van der Waals surface area contributed by atoms with Gasteiger partial charge in [-0.1, -0.05) is 18.2 Å². The van der Waals surface area contributed by atoms with Crippen LogP contribution in [0.3, 0.4) is 0 Å². The molecule has 2 aromatic rings. The summed E-state index contributed by atoms with van der Waals surface area (Å²) in [6, 6.07) is 8.42. The van der Waals surface area contributed by atoms with Gasteiger partial charge in [0.1, 0.15) is 12.0 Å². The highest BCUT2D eigenvalue weighted by atomic mass is 16.4. The fraction of sp³-hybridized carbons (Fsp3) is 0.200. The molecule has 5 nitrogen and oxygen atoms in total. The van der Waals surface area contributed by atoms with Crippen LogP contribution in [0.25, 0.3) is 0 Å². The average molecular weight is 273 g/mol. The van der Waals surface area contributed by atoms with Crippen LogP contribution in [0.1, 0.15) is 32.0 Å². The number of carboxylic acids is 1. The van der Waals surface area contributed by atoms with Crippen molar-refractivity contribution in [2.24, 2.45) is 0 Å². The first-order valence-corrected chi connectivity index (χ1v) is 6.22. The van der Waals surface area contributed by atoms with Crippen molar-refractivity contribution < 1.29 is 19.1 Å². The number of furan rings is 1. The molecule has 2 N–H and O–H groups in total. The molecule has 0 spiro atoms. The number of benzene rings is 1. The Morgan fingerprint density at radius 2 is 2.05 bits per heavy atom. The molecule has 0 saturated heterocycles. The van der Waals surface area contributed by atoms with Gasteiger partial charge in [0.25, 0.3) is 5.91 Å². The molecule has 0 aliphatic rings. The van der Waals surface area contributed by atoms with E-state index in [0.717, 1.165) is 0 Å². The lowest BCUT2D eigenvalue weighted by Gasteiger charge is -2.06. The van der Waals surface area contributed by atoms with Gasteiger partial charge in [-0.2, -0.15) is 0 Å². The highest BCUT2D eigenvalue weighted by Gasteiger charge is 2.10. The molecule has 0 bridgehead atoms. The molecule has 0 atom stereocenters. The molecule has 5 heteroatoms. The Kier molecular flexibility index (Phi) is 4.20. The zero-order valence-electron chi connectivity index (χ0n) is 11.1. The summed E-state index contributed by atoms with van der Waals surface area (Å²) in [6.45, 7) is 2.13. The summed E-state index contributed by atoms with van der Waals surface area (Å²) in [5.41, 5.74) is 1.43. The second-order valence-corrected chi connectivity index (χ2v) is 4.41. The normalized spacial score (nSPS) is 10.2. The zero-order valence-corrected chi connectivity index (χ0v) is 11.1. The molecule has 0 fully saturated rings. The minimum absolute atomic E-state index is 0.227. The second-order valence-electron chi connectivity index (χ2n) is 4.41. The van der Waals surface area contributed by atoms with Crippen molar-refractivity contribution in [1.29, 1.82) is 0 Å². The lowest BCUT2D eigenvalue weighted by Crippen LogP contribution is -2.25. The van der Waals surface area contributed by atoms with Crippen molar-refractivity contribution in [1.82, 2.24) is 5.32 Å². The maximum absolute atomic E-state index is 11.8. The third-order valence-corrected chi connectivity index (χ3v) is 2.92. The summed E-state index contributed by atoms with van der Waals surface area (Å²) in [7, 11) is 0. The summed E-state index contributed by atoms with van der Waals surface area (Å²) in [4.78, 5) is 22.8. The Hall–Kier alpha value is -2.56. The minimum Gasteiger partial charge on any atom is -0.478 e. The molecule has 0 aliphatic heterocycles. The number of carbonyl (C=O) groups excluding carboxylic acids is 1. The fourth-order valence-corrected chi connectivity index (χ4v) is 1.92. The largest absolute Gasteiger partial charge is 0.478 e. The van der Waals surface area contributed by atoms with Crippen molar-refractivity contribution in [2.45, 2.75) is 13.3 Å². The quantitative estimate of drug-likeness (QED) is 0.875. The first-order valence-electron chi connectivity index (χ1n) is 6.22. The number of rotatable bonds is 5. The van der Waals surface area contributed by atoms with Crippen molar-refractivity contribution >= 4 is 11.9 Å². The number of amides is 1. The molecule has 0 aliphatic carbocycles. The number of aromatic carboxylic acids is 1. The molecule has 0 radical (unpaired) electrons. The Morgan fingerprint density at radius 1 is 1.30 bits per heavy atom. The van der Waals surface area contributed by atoms with Gasteiger partial charge in [0, 0.05) is 6.54 Å². The van der Waals surface area contributed by atoms with E-state index in [1.54, 1.807) is 37.3 Å². The SMILES string of the molecule is Cc1cc(C(=O)NCCc2ccccc2C(=O)O)co1. The van der Waals surface area contributed by atoms with Gasteiger partial charge < -0.3 is 14.8 Å². The molecule has 104 valence electrons. The molecule has 2 rings (SSSR count). The lowest BCUT2D eigenvalue weighted by molar-refractivity contribution is 0.0695. The van der Waals surface area contributed by atoms with Crippen LogP contribution >= 0.6 is 0 Å². The fourth-order valence-electron chi connectivity index (χ4n) is 1.92. The molecule has 20 heavy (non-hydrogen) atoms. The highest BCUT2D eigenvalue weighted by Crippen LogP contribution is 2.09. The van der Waals surface area contributed by atoms with Crippen LogP contribution in [0.4, 0.5) is 0 Å². The number of carboxylic acid groups (broad SMARTS) is 1. The third kappa shape index (κ3) is 3.26. The number of aryl methyl sites for hydroxylation is 1. The van der Waals surface area contributed by atoms with Crippen LogP contribution in [0.15, 0.2) is 41.0 Å². The van der Waals surface area contributed by atoms with Crippen molar-refractivity contribution in [3.8, 4) is 0 Å². The van der Waals surface area contributed by atoms with E-state index in [9.17, 15) is 9.59 Å². The van der Waals surface area contributed by atoms with Crippen molar-refractivity contribution in [3.63, 3.8) is 0 Å². The first kappa shape index (κ1) is 13.9. The van der Waals surface area contributed by atoms with Gasteiger partial charge in [-0.25, -0.2) is 4.79 Å². The Balaban J connectivity index is 1.93. The smallest absolute Gasteiger partial charge is 0.335 e. The van der Waals surface area contributed by atoms with E-state index in [1.807, 2.05) is 0 Å². The molecular formula is C15H15NO4. The van der Waals surface area contributed by atoms with Crippen LogP contribution in [0, 0.1) is 6.92 Å². The topological polar surface area (TPSA) is 79.5 Å². The van der Waals surface area contributed by atoms with Gasteiger partial charge in [-0.3, -0.25) is 4.79 Å². The summed E-state index contributed by atoms with van der Waals surface area (Å²) in [5.74, 6) is -0.515. The molecule has 1 heterocycles. The average Bonchev–Trinajstić information content (AvgIpc) is 2.86. The van der Waals surface area contributed by atoms with E-state index in [1.165, 1.54) is 6.26 Å². The van der Waals surface area contributed by atoms with Crippen LogP contribution in [-0.4, -0.2) is 23.5 Å². The molecule has 0 saturated carbocycles. The molecular weight excluding hydrogens is 258 g/mol. The molecule has 1 aromatic carbocycles. The number of carbonyl (C=O) groups is 2. The number of hydrogen-bond donors (Lipinski definition) is 2. The molecule has 1 aromatic heterocycles. The lowest BCUT2D eigenvalue weighted by atomic mass is 10.0. The summed E-state index contributed by atoms with van der Waals surface area (Å²) < 4.78 is 5.06. The zero-order chi connectivity index (χ0) is 14.5. The maximum atomic E-state index is 11.8. The van der Waals surface area contributed by atoms with E-state index in [4.69, 9.17) is 9.52 Å². The van der Waals surface area contributed by atoms with Crippen LogP contribution < -0.4 is 5.32 Å². The van der Waals surface area contributed by atoms with Gasteiger partial charge in [-0.05, 0) is 31.0 Å². The first-order chi connectivity index (χ1) is 9.58. The molecule has 1 amide bonds. The van der Waals surface area contributed by atoms with Gasteiger partial charge in [0.2, 0.25) is 0 Å². The van der Waals surface area contributed by atoms with Gasteiger partial charge in [-0.15, -0.1) is 0 Å². The second kappa shape index (κ2) is 6.06. The van der Waals surface area contributed by atoms with E-state index in [0.29, 0.717) is 29.9 Å². The Bertz CT molecular complexity index is 630. The number of nitrogens with one attached hydrogen (secondary N) is 1. The Labute approximate surface area is 116 Å². The van der Waals surface area contributed by atoms with Gasteiger partial charge in [0.15, 0.2) is 0 Å². The van der Waals surface area contributed by atoms with Gasteiger partial charge >= 0.3 is 5.97 Å². The minimum atomic E-state index is -0.961. The van der Waals surface area contributed by atoms with E-state index >= 15 is 0 Å². The van der Waals surface area contributed by atoms with E-state index < -0.39 is 5.97 Å². The monoisotopic (exact) mass is 273 g/mol. The maximum Gasteiger partial charge on any atom is 0.335 e. The van der Waals surface area contributed by atoms with Crippen molar-refractivity contribution in [2.75, 3.05) is 6.54 Å². The summed E-state index contributed by atoms with van der Waals surface area (Å²) >= 11 is 0. The number of hydrogen-bond acceptors (Lipinski definition) is 3. The third-order valence-electron chi connectivity index (χ3n) is 2.92. The van der Waals surface area contributed by atoms with Crippen LogP contribution in [0.2, 0.25) is 0 Å². The summed E-state index contributed by atoms with van der Waals surface area (Å²) in [6.07, 6.45) is 1.86. The predicted octanol–water partition coefficient (Wildman–Crippen LogP) is 2.26. The molecule has 0 unspecified atom stereocenters. The van der Waals surface area contributed by atoms with Crippen molar-refractivity contribution in [3.05, 3.63) is 59.0 Å². The van der Waals surface area contributed by atoms with Crippen LogP contribution in [-0.2, 0) is 6.42 Å². The Morgan fingerprint density at radius 3 is 2.70 bits per heavy atom. The predicted molar refractivity (Wildman–Crippen MR) is 72.9 cm³/mol. The standard InChI is InChI=1S/C15H15NO4/c1-10-8-12(9-20-10)14(17)16-7-6-11-4-2-3-5-13(11)15(18)19/h2-5,8-9H,6-7H2,1H3,(H,16,17)(H,18,19). The van der Waals surface area contributed by atoms with E-state index in [-0.39, 0.29) is 11.5 Å². The van der Waals surface area contributed by atoms with Crippen LogP contribution in [0.5, 0.6) is 0 Å². The van der Waals surface area contributed by atoms with E-state index in [2.05, 4.69) is 5.32 Å². The highest BCUT2D eigenvalue weighted by molar-refractivity contribution is 5.94.